The predicted molar refractivity (Wildman–Crippen MR) is 132 cm³/mol. The fraction of sp³-hybridized carbons (Fsp3) is 0.207. The summed E-state index contributed by atoms with van der Waals surface area (Å²) in [6.07, 6.45) is 3.92. The Morgan fingerprint density at radius 3 is 2.62 bits per heavy atom. The zero-order valence-corrected chi connectivity index (χ0v) is 19.0. The lowest BCUT2D eigenvalue weighted by Crippen LogP contribution is -2.25. The number of fused-ring (bicyclic) bond motifs is 1. The first-order valence-electron chi connectivity index (χ1n) is 11.4. The number of carbonyl (C=O) groups excluding carboxylic acids is 1. The molecule has 0 aliphatic carbocycles. The van der Waals surface area contributed by atoms with Gasteiger partial charge in [-0.1, -0.05) is 30.0 Å². The summed E-state index contributed by atoms with van der Waals surface area (Å²) in [7, 11) is 1.39. The van der Waals surface area contributed by atoms with Gasteiger partial charge in [-0.15, -0.1) is 0 Å². The number of H-pyrrole nitrogens is 1. The molecule has 0 radical (unpaired) electrons. The van der Waals surface area contributed by atoms with Crippen molar-refractivity contribution in [3.8, 4) is 28.7 Å². The molecule has 1 fully saturated rings. The van der Waals surface area contributed by atoms with Gasteiger partial charge in [0.2, 0.25) is 0 Å². The summed E-state index contributed by atoms with van der Waals surface area (Å²) in [6.45, 7) is 1.50. The first kappa shape index (κ1) is 21.8. The van der Waals surface area contributed by atoms with Gasteiger partial charge in [-0.05, 0) is 59.5 Å². The van der Waals surface area contributed by atoms with Gasteiger partial charge < -0.3 is 19.2 Å². The number of nitrogens with one attached hydrogen (secondary N) is 1. The Hall–Kier alpha value is -4.01. The van der Waals surface area contributed by atoms with Crippen molar-refractivity contribution in [2.24, 2.45) is 0 Å². The van der Waals surface area contributed by atoms with E-state index in [4.69, 9.17) is 14.2 Å². The van der Waals surface area contributed by atoms with Gasteiger partial charge in [-0.3, -0.25) is 0 Å². The third kappa shape index (κ3) is 4.68. The molecule has 4 aromatic rings. The maximum Gasteiger partial charge on any atom is 0.338 e. The van der Waals surface area contributed by atoms with Crippen molar-refractivity contribution in [1.29, 1.82) is 0 Å². The zero-order valence-electron chi connectivity index (χ0n) is 19.0. The molecule has 1 N–H and O–H groups in total. The normalized spacial score (nSPS) is 13.8. The number of rotatable bonds is 4. The van der Waals surface area contributed by atoms with Crippen molar-refractivity contribution >= 4 is 16.9 Å². The standard InChI is InChI=1S/C29H25NO4/c1-32-29(31)26-4-2-3-22(28(26)23-10-9-21-13-16-30-27(21)19-23)8-5-20-6-11-24(12-7-20)34-25-14-17-33-18-15-25/h2-4,6-7,9-13,16,19,25,30H,14-15,17-18H2,1H3. The number of benzene rings is 3. The Balaban J connectivity index is 1.47. The number of ether oxygens (including phenoxy) is 3. The summed E-state index contributed by atoms with van der Waals surface area (Å²) in [5.74, 6) is 6.95. The molecular formula is C29H25NO4. The minimum atomic E-state index is -0.389. The van der Waals surface area contributed by atoms with E-state index < -0.39 is 0 Å². The van der Waals surface area contributed by atoms with Crippen molar-refractivity contribution in [3.63, 3.8) is 0 Å². The van der Waals surface area contributed by atoms with Crippen LogP contribution < -0.4 is 4.74 Å². The Labute approximate surface area is 198 Å². The summed E-state index contributed by atoms with van der Waals surface area (Å²) in [4.78, 5) is 15.8. The van der Waals surface area contributed by atoms with Gasteiger partial charge >= 0.3 is 5.97 Å². The third-order valence-corrected chi connectivity index (χ3v) is 5.98. The average Bonchev–Trinajstić information content (AvgIpc) is 3.36. The highest BCUT2D eigenvalue weighted by Gasteiger charge is 2.17. The second-order valence-electron chi connectivity index (χ2n) is 8.20. The molecular weight excluding hydrogens is 426 g/mol. The number of hydrogen-bond acceptors (Lipinski definition) is 4. The Morgan fingerprint density at radius 1 is 1.00 bits per heavy atom. The van der Waals surface area contributed by atoms with Crippen LogP contribution in [0.2, 0.25) is 0 Å². The predicted octanol–water partition coefficient (Wildman–Crippen LogP) is 5.58. The summed E-state index contributed by atoms with van der Waals surface area (Å²) in [5, 5.41) is 1.11. The fourth-order valence-electron chi connectivity index (χ4n) is 4.19. The molecule has 0 amide bonds. The third-order valence-electron chi connectivity index (χ3n) is 5.98. The average molecular weight is 452 g/mol. The van der Waals surface area contributed by atoms with Gasteiger partial charge in [0.05, 0.1) is 25.9 Å². The van der Waals surface area contributed by atoms with Crippen LogP contribution in [0.4, 0.5) is 0 Å². The maximum absolute atomic E-state index is 12.5. The van der Waals surface area contributed by atoms with Crippen molar-refractivity contribution in [3.05, 3.63) is 89.6 Å². The first-order valence-corrected chi connectivity index (χ1v) is 11.4. The van der Waals surface area contributed by atoms with E-state index in [-0.39, 0.29) is 12.1 Å². The molecule has 0 spiro atoms. The molecule has 5 nitrogen and oxygen atoms in total. The molecule has 1 aliphatic heterocycles. The van der Waals surface area contributed by atoms with Gasteiger partial charge in [-0.25, -0.2) is 4.79 Å². The van der Waals surface area contributed by atoms with E-state index in [0.29, 0.717) is 5.56 Å². The second kappa shape index (κ2) is 9.86. The van der Waals surface area contributed by atoms with Gasteiger partial charge in [-0.2, -0.15) is 0 Å². The molecule has 5 rings (SSSR count). The number of aromatic nitrogens is 1. The Kier molecular flexibility index (Phi) is 6.33. The number of carbonyl (C=O) groups is 1. The SMILES string of the molecule is COC(=O)c1cccc(C#Cc2ccc(OC3CCOCC3)cc2)c1-c1ccc2cc[nH]c2c1. The van der Waals surface area contributed by atoms with Crippen molar-refractivity contribution in [2.45, 2.75) is 18.9 Å². The van der Waals surface area contributed by atoms with E-state index >= 15 is 0 Å². The van der Waals surface area contributed by atoms with E-state index in [1.54, 1.807) is 6.07 Å². The van der Waals surface area contributed by atoms with Gasteiger partial charge in [0.25, 0.3) is 0 Å². The van der Waals surface area contributed by atoms with Crippen LogP contribution >= 0.6 is 0 Å². The lowest BCUT2D eigenvalue weighted by molar-refractivity contribution is 0.0255. The lowest BCUT2D eigenvalue weighted by Gasteiger charge is -2.23. The Morgan fingerprint density at radius 2 is 1.82 bits per heavy atom. The van der Waals surface area contributed by atoms with Gasteiger partial charge in [0.15, 0.2) is 0 Å². The molecule has 34 heavy (non-hydrogen) atoms. The fourth-order valence-corrected chi connectivity index (χ4v) is 4.19. The highest BCUT2D eigenvalue weighted by molar-refractivity contribution is 6.00. The summed E-state index contributed by atoms with van der Waals surface area (Å²) in [5.41, 5.74) is 4.78. The summed E-state index contributed by atoms with van der Waals surface area (Å²) in [6, 6.07) is 21.4. The zero-order chi connectivity index (χ0) is 23.3. The van der Waals surface area contributed by atoms with Crippen LogP contribution in [0, 0.1) is 11.8 Å². The minimum absolute atomic E-state index is 0.200. The van der Waals surface area contributed by atoms with Crippen LogP contribution in [0.3, 0.4) is 0 Å². The monoisotopic (exact) mass is 451 g/mol. The summed E-state index contributed by atoms with van der Waals surface area (Å²) < 4.78 is 16.5. The van der Waals surface area contributed by atoms with Crippen LogP contribution in [-0.2, 0) is 9.47 Å². The molecule has 0 atom stereocenters. The van der Waals surface area contributed by atoms with Crippen molar-refractivity contribution < 1.29 is 19.0 Å². The van der Waals surface area contributed by atoms with E-state index in [0.717, 1.165) is 65.0 Å². The highest BCUT2D eigenvalue weighted by Crippen LogP contribution is 2.30. The molecule has 0 saturated carbocycles. The van der Waals surface area contributed by atoms with Gasteiger partial charge in [0.1, 0.15) is 11.9 Å². The molecule has 0 bridgehead atoms. The van der Waals surface area contributed by atoms with Crippen LogP contribution in [0.15, 0.2) is 72.9 Å². The van der Waals surface area contributed by atoms with Crippen LogP contribution in [-0.4, -0.2) is 37.4 Å². The molecule has 1 saturated heterocycles. The van der Waals surface area contributed by atoms with Gasteiger partial charge in [0, 0.05) is 41.2 Å². The second-order valence-corrected chi connectivity index (χ2v) is 8.20. The molecule has 170 valence electrons. The molecule has 2 heterocycles. The van der Waals surface area contributed by atoms with Crippen molar-refractivity contribution in [2.75, 3.05) is 20.3 Å². The van der Waals surface area contributed by atoms with E-state index in [2.05, 4.69) is 16.8 Å². The largest absolute Gasteiger partial charge is 0.490 e. The minimum Gasteiger partial charge on any atom is -0.490 e. The molecule has 5 heteroatoms. The van der Waals surface area contributed by atoms with Crippen molar-refractivity contribution in [1.82, 2.24) is 4.98 Å². The molecule has 1 aliphatic rings. The van der Waals surface area contributed by atoms with Crippen LogP contribution in [0.25, 0.3) is 22.0 Å². The topological polar surface area (TPSA) is 60.6 Å². The number of hydrogen-bond donors (Lipinski definition) is 1. The number of aromatic amines is 1. The van der Waals surface area contributed by atoms with Crippen LogP contribution in [0.5, 0.6) is 5.75 Å². The smallest absolute Gasteiger partial charge is 0.338 e. The highest BCUT2D eigenvalue weighted by atomic mass is 16.5. The van der Waals surface area contributed by atoms with E-state index in [9.17, 15) is 4.79 Å². The maximum atomic E-state index is 12.5. The summed E-state index contributed by atoms with van der Waals surface area (Å²) >= 11 is 0. The van der Waals surface area contributed by atoms with E-state index in [1.807, 2.05) is 66.9 Å². The first-order chi connectivity index (χ1) is 16.7. The lowest BCUT2D eigenvalue weighted by atomic mass is 9.93. The number of methoxy groups -OCH3 is 1. The molecule has 0 unspecified atom stereocenters. The Bertz CT molecular complexity index is 1370. The number of esters is 1. The van der Waals surface area contributed by atoms with Crippen LogP contribution in [0.1, 0.15) is 34.3 Å². The van der Waals surface area contributed by atoms with E-state index in [1.165, 1.54) is 7.11 Å². The molecule has 1 aromatic heterocycles. The quantitative estimate of drug-likeness (QED) is 0.325. The molecule has 3 aromatic carbocycles.